The monoisotopic (exact) mass is 251 g/mol. The van der Waals surface area contributed by atoms with Crippen LogP contribution in [0.15, 0.2) is 18.5 Å². The quantitative estimate of drug-likeness (QED) is 0.814. The molecule has 98 valence electrons. The summed E-state index contributed by atoms with van der Waals surface area (Å²) < 4.78 is 10.6. The largest absolute Gasteiger partial charge is 0.494 e. The zero-order chi connectivity index (χ0) is 13.0. The summed E-state index contributed by atoms with van der Waals surface area (Å²) in [5, 5.41) is 5.92. The van der Waals surface area contributed by atoms with Gasteiger partial charge < -0.3 is 20.1 Å². The summed E-state index contributed by atoms with van der Waals surface area (Å²) >= 11 is 0. The van der Waals surface area contributed by atoms with Gasteiger partial charge in [0.25, 0.3) is 0 Å². The number of hydrogen-bond acceptors (Lipinski definition) is 5. The Bertz CT molecular complexity index is 425. The minimum absolute atomic E-state index is 0.145. The van der Waals surface area contributed by atoms with Gasteiger partial charge in [-0.15, -0.1) is 0 Å². The van der Waals surface area contributed by atoms with Gasteiger partial charge in [-0.05, 0) is 6.92 Å². The zero-order valence-corrected chi connectivity index (χ0v) is 10.5. The molecule has 1 aromatic rings. The van der Waals surface area contributed by atoms with Crippen LogP contribution in [0.3, 0.4) is 0 Å². The fourth-order valence-electron chi connectivity index (χ4n) is 1.89. The first-order valence-corrected chi connectivity index (χ1v) is 5.86. The molecule has 18 heavy (non-hydrogen) atoms. The van der Waals surface area contributed by atoms with Crippen LogP contribution in [-0.2, 0) is 9.53 Å². The van der Waals surface area contributed by atoms with Gasteiger partial charge in [-0.1, -0.05) is 0 Å². The number of carbonyl (C=O) groups excluding carboxylic acids is 1. The van der Waals surface area contributed by atoms with Crippen LogP contribution in [0.2, 0.25) is 0 Å². The van der Waals surface area contributed by atoms with E-state index in [0.717, 1.165) is 0 Å². The van der Waals surface area contributed by atoms with Crippen molar-refractivity contribution >= 4 is 11.6 Å². The molecule has 1 saturated heterocycles. The second kappa shape index (κ2) is 5.79. The lowest BCUT2D eigenvalue weighted by Gasteiger charge is -2.29. The van der Waals surface area contributed by atoms with Gasteiger partial charge in [0.2, 0.25) is 5.91 Å². The van der Waals surface area contributed by atoms with E-state index in [9.17, 15) is 4.79 Å². The third-order valence-corrected chi connectivity index (χ3v) is 2.86. The summed E-state index contributed by atoms with van der Waals surface area (Å²) in [6.45, 7) is 3.17. The minimum atomic E-state index is -0.358. The predicted molar refractivity (Wildman–Crippen MR) is 66.6 cm³/mol. The summed E-state index contributed by atoms with van der Waals surface area (Å²) in [5.41, 5.74) is 0.560. The molecule has 2 atom stereocenters. The first-order chi connectivity index (χ1) is 8.72. The van der Waals surface area contributed by atoms with E-state index in [0.29, 0.717) is 24.6 Å². The van der Waals surface area contributed by atoms with E-state index in [1.165, 1.54) is 0 Å². The van der Waals surface area contributed by atoms with Gasteiger partial charge in [-0.3, -0.25) is 9.78 Å². The highest BCUT2D eigenvalue weighted by Gasteiger charge is 2.28. The highest BCUT2D eigenvalue weighted by molar-refractivity contribution is 5.96. The number of methoxy groups -OCH3 is 1. The summed E-state index contributed by atoms with van der Waals surface area (Å²) in [6.07, 6.45) is 3.02. The van der Waals surface area contributed by atoms with E-state index in [1.807, 2.05) is 6.92 Å². The number of hydrogen-bond donors (Lipinski definition) is 2. The van der Waals surface area contributed by atoms with Crippen LogP contribution in [0.4, 0.5) is 5.69 Å². The Morgan fingerprint density at radius 2 is 2.50 bits per heavy atom. The van der Waals surface area contributed by atoms with Crippen LogP contribution in [0.25, 0.3) is 0 Å². The van der Waals surface area contributed by atoms with Crippen molar-refractivity contribution < 1.29 is 14.3 Å². The van der Waals surface area contributed by atoms with Gasteiger partial charge in [-0.2, -0.15) is 0 Å². The van der Waals surface area contributed by atoms with E-state index in [1.54, 1.807) is 25.6 Å². The molecule has 0 unspecified atom stereocenters. The second-order valence-electron chi connectivity index (χ2n) is 4.07. The molecule has 1 aliphatic heterocycles. The summed E-state index contributed by atoms with van der Waals surface area (Å²) in [5.74, 6) is 0.441. The second-order valence-corrected chi connectivity index (χ2v) is 4.07. The number of morpholine rings is 1. The fraction of sp³-hybridized carbons (Fsp3) is 0.500. The molecule has 0 aliphatic carbocycles. The molecule has 1 amide bonds. The molecular formula is C12H17N3O3. The van der Waals surface area contributed by atoms with Gasteiger partial charge >= 0.3 is 0 Å². The number of nitrogens with one attached hydrogen (secondary N) is 2. The average Bonchev–Trinajstić information content (AvgIpc) is 2.39. The lowest BCUT2D eigenvalue weighted by atomic mass is 10.1. The van der Waals surface area contributed by atoms with Crippen molar-refractivity contribution in [1.82, 2.24) is 10.3 Å². The summed E-state index contributed by atoms with van der Waals surface area (Å²) in [6, 6.07) is 1.34. The molecule has 0 radical (unpaired) electrons. The minimum Gasteiger partial charge on any atom is -0.494 e. The van der Waals surface area contributed by atoms with Crippen molar-refractivity contribution in [3.63, 3.8) is 0 Å². The Balaban J connectivity index is 2.06. The number of nitrogens with zero attached hydrogens (tertiary/aromatic N) is 1. The van der Waals surface area contributed by atoms with Gasteiger partial charge in [0.05, 0.1) is 26.0 Å². The van der Waals surface area contributed by atoms with Crippen LogP contribution < -0.4 is 15.4 Å². The highest BCUT2D eigenvalue weighted by atomic mass is 16.5. The van der Waals surface area contributed by atoms with Crippen LogP contribution in [-0.4, -0.2) is 43.3 Å². The smallest absolute Gasteiger partial charge is 0.244 e. The molecule has 0 saturated carbocycles. The Kier molecular flexibility index (Phi) is 4.11. The summed E-state index contributed by atoms with van der Waals surface area (Å²) in [4.78, 5) is 16.1. The fourth-order valence-corrected chi connectivity index (χ4v) is 1.89. The van der Waals surface area contributed by atoms with Crippen LogP contribution in [0.1, 0.15) is 6.92 Å². The first-order valence-electron chi connectivity index (χ1n) is 5.86. The van der Waals surface area contributed by atoms with Crippen LogP contribution in [0.5, 0.6) is 5.75 Å². The van der Waals surface area contributed by atoms with Gasteiger partial charge in [-0.25, -0.2) is 0 Å². The van der Waals surface area contributed by atoms with Crippen molar-refractivity contribution in [2.24, 2.45) is 0 Å². The first kappa shape index (κ1) is 12.8. The highest BCUT2D eigenvalue weighted by Crippen LogP contribution is 2.22. The maximum Gasteiger partial charge on any atom is 0.244 e. The number of aromatic nitrogens is 1. The molecular weight excluding hydrogens is 234 g/mol. The van der Waals surface area contributed by atoms with Gasteiger partial charge in [0, 0.05) is 18.8 Å². The molecule has 6 heteroatoms. The molecule has 0 aromatic carbocycles. The SMILES string of the molecule is COc1ccncc1NC(=O)[C@H]1NCCO[C@@H]1C. The lowest BCUT2D eigenvalue weighted by Crippen LogP contribution is -2.53. The van der Waals surface area contributed by atoms with Crippen molar-refractivity contribution in [2.75, 3.05) is 25.6 Å². The molecule has 1 aromatic heterocycles. The third kappa shape index (κ3) is 2.77. The van der Waals surface area contributed by atoms with E-state index in [-0.39, 0.29) is 18.1 Å². The molecule has 2 N–H and O–H groups in total. The Hall–Kier alpha value is -1.66. The van der Waals surface area contributed by atoms with Gasteiger partial charge in [0.1, 0.15) is 17.5 Å². The predicted octanol–water partition coefficient (Wildman–Crippen LogP) is 0.406. The number of anilines is 1. The molecule has 1 fully saturated rings. The molecule has 2 heterocycles. The van der Waals surface area contributed by atoms with Crippen LogP contribution >= 0.6 is 0 Å². The van der Waals surface area contributed by atoms with E-state index >= 15 is 0 Å². The molecule has 6 nitrogen and oxygen atoms in total. The van der Waals surface area contributed by atoms with Crippen molar-refractivity contribution in [3.05, 3.63) is 18.5 Å². The number of rotatable bonds is 3. The van der Waals surface area contributed by atoms with Crippen molar-refractivity contribution in [1.29, 1.82) is 0 Å². The molecule has 0 bridgehead atoms. The average molecular weight is 251 g/mol. The maximum atomic E-state index is 12.1. The third-order valence-electron chi connectivity index (χ3n) is 2.86. The lowest BCUT2D eigenvalue weighted by molar-refractivity contribution is -0.123. The number of pyridine rings is 1. The summed E-state index contributed by atoms with van der Waals surface area (Å²) in [7, 11) is 1.55. The molecule has 2 rings (SSSR count). The normalized spacial score (nSPS) is 23.4. The van der Waals surface area contributed by atoms with Gasteiger partial charge in [0.15, 0.2) is 0 Å². The van der Waals surface area contributed by atoms with E-state index < -0.39 is 0 Å². The number of ether oxygens (including phenoxy) is 2. The Labute approximate surface area is 106 Å². The standard InChI is InChI=1S/C12H17N3O3/c1-8-11(14-5-6-18-8)12(16)15-9-7-13-4-3-10(9)17-2/h3-4,7-8,11,14H,5-6H2,1-2H3,(H,15,16)/t8-,11+/m1/s1. The Morgan fingerprint density at radius 3 is 3.22 bits per heavy atom. The van der Waals surface area contributed by atoms with Crippen molar-refractivity contribution in [3.8, 4) is 5.75 Å². The number of carbonyl (C=O) groups is 1. The number of amides is 1. The van der Waals surface area contributed by atoms with E-state index in [4.69, 9.17) is 9.47 Å². The van der Waals surface area contributed by atoms with Crippen molar-refractivity contribution in [2.45, 2.75) is 19.1 Å². The Morgan fingerprint density at radius 1 is 1.67 bits per heavy atom. The van der Waals surface area contributed by atoms with Crippen LogP contribution in [0, 0.1) is 0 Å². The topological polar surface area (TPSA) is 72.5 Å². The molecule has 1 aliphatic rings. The maximum absolute atomic E-state index is 12.1. The van der Waals surface area contributed by atoms with E-state index in [2.05, 4.69) is 15.6 Å². The molecule has 0 spiro atoms. The zero-order valence-electron chi connectivity index (χ0n) is 10.5.